The summed E-state index contributed by atoms with van der Waals surface area (Å²) in [5, 5.41) is 2.78. The lowest BCUT2D eigenvalue weighted by molar-refractivity contribution is -0.114. The van der Waals surface area contributed by atoms with E-state index in [9.17, 15) is 13.2 Å². The van der Waals surface area contributed by atoms with Crippen LogP contribution in [0.2, 0.25) is 0 Å². The summed E-state index contributed by atoms with van der Waals surface area (Å²) in [4.78, 5) is 13.0. The van der Waals surface area contributed by atoms with E-state index < -0.39 is 15.9 Å². The van der Waals surface area contributed by atoms with E-state index in [1.54, 1.807) is 60.7 Å². The summed E-state index contributed by atoms with van der Waals surface area (Å²) in [7, 11) is -3.96. The van der Waals surface area contributed by atoms with Crippen molar-refractivity contribution in [1.29, 1.82) is 0 Å². The normalized spacial score (nSPS) is 11.3. The smallest absolute Gasteiger partial charge is 0.264 e. The first-order valence-corrected chi connectivity index (χ1v) is 12.2. The molecule has 0 aliphatic heterocycles. The molecular weight excluding hydrogens is 436 g/mol. The molecular formula is C26H30N2O4S. The quantitative estimate of drug-likeness (QED) is 0.493. The molecule has 0 fully saturated rings. The molecule has 3 aromatic rings. The lowest BCUT2D eigenvalue weighted by Gasteiger charge is -2.25. The van der Waals surface area contributed by atoms with Crippen molar-refractivity contribution in [2.45, 2.75) is 45.6 Å². The van der Waals surface area contributed by atoms with Crippen LogP contribution in [0.4, 0.5) is 11.4 Å². The van der Waals surface area contributed by atoms with Crippen molar-refractivity contribution in [2.24, 2.45) is 0 Å². The molecule has 0 aromatic heterocycles. The van der Waals surface area contributed by atoms with E-state index in [1.165, 1.54) is 0 Å². The highest BCUT2D eigenvalue weighted by molar-refractivity contribution is 7.92. The number of rotatable bonds is 8. The van der Waals surface area contributed by atoms with Crippen molar-refractivity contribution < 1.29 is 17.9 Å². The fraction of sp³-hybridized carbons (Fsp3) is 0.269. The van der Waals surface area contributed by atoms with E-state index in [0.717, 1.165) is 21.0 Å². The summed E-state index contributed by atoms with van der Waals surface area (Å²) in [5.74, 6) is 0.253. The summed E-state index contributed by atoms with van der Waals surface area (Å²) in [6, 6.07) is 18.9. The number of amides is 1. The molecule has 0 saturated carbocycles. The minimum atomic E-state index is -3.96. The molecule has 3 aromatic carbocycles. The Morgan fingerprint density at radius 3 is 2.12 bits per heavy atom. The summed E-state index contributed by atoms with van der Waals surface area (Å²) < 4.78 is 33.8. The van der Waals surface area contributed by atoms with E-state index in [2.05, 4.69) is 5.32 Å². The summed E-state index contributed by atoms with van der Waals surface area (Å²) >= 11 is 0. The van der Waals surface area contributed by atoms with Gasteiger partial charge in [-0.15, -0.1) is 0 Å². The molecule has 174 valence electrons. The molecule has 0 aliphatic rings. The molecule has 0 spiro atoms. The van der Waals surface area contributed by atoms with Crippen molar-refractivity contribution in [3.8, 4) is 5.75 Å². The van der Waals surface area contributed by atoms with Gasteiger partial charge in [0.2, 0.25) is 5.91 Å². The molecule has 6 nitrogen and oxygen atoms in total. The Hall–Kier alpha value is -3.32. The van der Waals surface area contributed by atoms with Gasteiger partial charge in [0, 0.05) is 5.69 Å². The molecule has 0 atom stereocenters. The third kappa shape index (κ3) is 6.14. The number of nitrogens with zero attached hydrogens (tertiary/aromatic N) is 1. The van der Waals surface area contributed by atoms with Crippen LogP contribution in [0.3, 0.4) is 0 Å². The third-order valence-corrected chi connectivity index (χ3v) is 6.97. The number of anilines is 2. The number of hydrogen-bond donors (Lipinski definition) is 1. The van der Waals surface area contributed by atoms with Crippen LogP contribution in [-0.2, 0) is 14.8 Å². The van der Waals surface area contributed by atoms with E-state index in [4.69, 9.17) is 4.74 Å². The van der Waals surface area contributed by atoms with Gasteiger partial charge in [-0.25, -0.2) is 8.42 Å². The van der Waals surface area contributed by atoms with Crippen LogP contribution in [0.15, 0.2) is 71.6 Å². The molecule has 3 rings (SSSR count). The first-order chi connectivity index (χ1) is 15.6. The second kappa shape index (κ2) is 10.1. The van der Waals surface area contributed by atoms with Crippen molar-refractivity contribution >= 4 is 27.3 Å². The highest BCUT2D eigenvalue weighted by Crippen LogP contribution is 2.26. The molecule has 0 bridgehead atoms. The van der Waals surface area contributed by atoms with Gasteiger partial charge >= 0.3 is 0 Å². The standard InChI is InChI=1S/C26H30N2O4S/c1-18(2)32-24-12-9-22(10-13-24)27-26(29)17-28(23-11-8-20(4)21(5)16-23)33(30,31)25-14-6-19(3)7-15-25/h6-16,18H,17H2,1-5H3,(H,27,29). The topological polar surface area (TPSA) is 75.7 Å². The van der Waals surface area contributed by atoms with Crippen LogP contribution in [0.1, 0.15) is 30.5 Å². The minimum absolute atomic E-state index is 0.0453. The SMILES string of the molecule is Cc1ccc(S(=O)(=O)N(CC(=O)Nc2ccc(OC(C)C)cc2)c2ccc(C)c(C)c2)cc1. The van der Waals surface area contributed by atoms with Crippen LogP contribution < -0.4 is 14.4 Å². The van der Waals surface area contributed by atoms with Gasteiger partial charge in [-0.3, -0.25) is 9.10 Å². The molecule has 0 aliphatic carbocycles. The average Bonchev–Trinajstić information content (AvgIpc) is 2.75. The Kier molecular flexibility index (Phi) is 7.43. The van der Waals surface area contributed by atoms with Crippen molar-refractivity contribution in [3.63, 3.8) is 0 Å². The third-order valence-electron chi connectivity index (χ3n) is 5.18. The molecule has 0 heterocycles. The number of aryl methyl sites for hydroxylation is 3. The van der Waals surface area contributed by atoms with E-state index >= 15 is 0 Å². The largest absolute Gasteiger partial charge is 0.491 e. The molecule has 0 radical (unpaired) electrons. The highest BCUT2D eigenvalue weighted by atomic mass is 32.2. The van der Waals surface area contributed by atoms with Gasteiger partial charge in [0.25, 0.3) is 10.0 Å². The number of carbonyl (C=O) groups is 1. The van der Waals surface area contributed by atoms with Gasteiger partial charge < -0.3 is 10.1 Å². The number of nitrogens with one attached hydrogen (secondary N) is 1. The van der Waals surface area contributed by atoms with E-state index in [1.807, 2.05) is 40.7 Å². The zero-order chi connectivity index (χ0) is 24.2. The van der Waals surface area contributed by atoms with E-state index in [-0.39, 0.29) is 17.5 Å². The first-order valence-electron chi connectivity index (χ1n) is 10.8. The van der Waals surface area contributed by atoms with Gasteiger partial charge in [0.1, 0.15) is 12.3 Å². The predicted octanol–water partition coefficient (Wildman–Crippen LogP) is 5.23. The fourth-order valence-electron chi connectivity index (χ4n) is 3.25. The number of ether oxygens (including phenoxy) is 1. The molecule has 0 saturated heterocycles. The number of benzene rings is 3. The van der Waals surface area contributed by atoms with Crippen LogP contribution in [-0.4, -0.2) is 27.0 Å². The first kappa shape index (κ1) is 24.3. The number of carbonyl (C=O) groups excluding carboxylic acids is 1. The Balaban J connectivity index is 1.88. The Morgan fingerprint density at radius 1 is 0.909 bits per heavy atom. The number of sulfonamides is 1. The summed E-state index contributed by atoms with van der Waals surface area (Å²) in [5.41, 5.74) is 3.94. The molecule has 33 heavy (non-hydrogen) atoms. The van der Waals surface area contributed by atoms with Gasteiger partial charge in [0.05, 0.1) is 16.7 Å². The Bertz CT molecular complexity index is 1220. The second-order valence-corrected chi connectivity index (χ2v) is 10.2. The molecule has 0 unspecified atom stereocenters. The lowest BCUT2D eigenvalue weighted by Crippen LogP contribution is -2.38. The van der Waals surface area contributed by atoms with Crippen LogP contribution in [0.25, 0.3) is 0 Å². The predicted molar refractivity (Wildman–Crippen MR) is 132 cm³/mol. The molecule has 1 amide bonds. The zero-order valence-corrected chi connectivity index (χ0v) is 20.4. The van der Waals surface area contributed by atoms with Crippen molar-refractivity contribution in [2.75, 3.05) is 16.2 Å². The summed E-state index contributed by atoms with van der Waals surface area (Å²) in [6.45, 7) is 9.27. The van der Waals surface area contributed by atoms with Crippen molar-refractivity contribution in [1.82, 2.24) is 0 Å². The van der Waals surface area contributed by atoms with Crippen LogP contribution >= 0.6 is 0 Å². The number of hydrogen-bond acceptors (Lipinski definition) is 4. The van der Waals surface area contributed by atoms with Crippen LogP contribution in [0, 0.1) is 20.8 Å². The monoisotopic (exact) mass is 466 g/mol. The van der Waals surface area contributed by atoms with Gasteiger partial charge in [-0.2, -0.15) is 0 Å². The Labute approximate surface area is 196 Å². The highest BCUT2D eigenvalue weighted by Gasteiger charge is 2.27. The zero-order valence-electron chi connectivity index (χ0n) is 19.6. The minimum Gasteiger partial charge on any atom is -0.491 e. The average molecular weight is 467 g/mol. The second-order valence-electron chi connectivity index (χ2n) is 8.33. The van der Waals surface area contributed by atoms with Crippen molar-refractivity contribution in [3.05, 3.63) is 83.4 Å². The maximum absolute atomic E-state index is 13.5. The fourth-order valence-corrected chi connectivity index (χ4v) is 4.67. The van der Waals surface area contributed by atoms with Gasteiger partial charge in [-0.05, 0) is 94.3 Å². The van der Waals surface area contributed by atoms with Gasteiger partial charge in [0.15, 0.2) is 0 Å². The maximum Gasteiger partial charge on any atom is 0.264 e. The molecule has 1 N–H and O–H groups in total. The van der Waals surface area contributed by atoms with E-state index in [0.29, 0.717) is 17.1 Å². The maximum atomic E-state index is 13.5. The summed E-state index contributed by atoms with van der Waals surface area (Å²) in [6.07, 6.45) is 0.0453. The lowest BCUT2D eigenvalue weighted by atomic mass is 10.1. The Morgan fingerprint density at radius 2 is 1.55 bits per heavy atom. The molecule has 7 heteroatoms. The van der Waals surface area contributed by atoms with Gasteiger partial charge in [-0.1, -0.05) is 23.8 Å². The van der Waals surface area contributed by atoms with Crippen LogP contribution in [0.5, 0.6) is 5.75 Å².